The van der Waals surface area contributed by atoms with E-state index in [9.17, 15) is 27.9 Å². The molecule has 2 N–H and O–H groups in total. The van der Waals surface area contributed by atoms with Crippen molar-refractivity contribution in [1.82, 2.24) is 4.90 Å². The van der Waals surface area contributed by atoms with Crippen LogP contribution in [0.25, 0.3) is 0 Å². The van der Waals surface area contributed by atoms with E-state index in [1.54, 1.807) is 31.2 Å². The van der Waals surface area contributed by atoms with Crippen molar-refractivity contribution in [3.05, 3.63) is 90.0 Å². The zero-order valence-corrected chi connectivity index (χ0v) is 23.3. The molecule has 1 unspecified atom stereocenters. The van der Waals surface area contributed by atoms with Crippen LogP contribution < -0.4 is 14.8 Å². The first-order chi connectivity index (χ1) is 20.2. The Kier molecular flexibility index (Phi) is 12.5. The van der Waals surface area contributed by atoms with Gasteiger partial charge in [0, 0.05) is 19.6 Å². The Morgan fingerprint density at radius 2 is 1.50 bits per heavy atom. The van der Waals surface area contributed by atoms with Crippen molar-refractivity contribution < 1.29 is 42.1 Å². The van der Waals surface area contributed by atoms with Crippen molar-refractivity contribution in [1.29, 1.82) is 0 Å². The molecule has 2 amide bonds. The van der Waals surface area contributed by atoms with Crippen molar-refractivity contribution in [2.45, 2.75) is 38.5 Å². The lowest BCUT2D eigenvalue weighted by Gasteiger charge is -2.24. The minimum Gasteiger partial charge on any atom is -0.494 e. The van der Waals surface area contributed by atoms with Gasteiger partial charge in [0.15, 0.2) is 6.10 Å². The molecule has 226 valence electrons. The number of rotatable bonds is 16. The third-order valence-corrected chi connectivity index (χ3v) is 6.21. The number of carboxylic acid groups (broad SMARTS) is 1. The Hall–Kier alpha value is -4.25. The van der Waals surface area contributed by atoms with Gasteiger partial charge in [0.2, 0.25) is 0 Å². The molecule has 0 saturated heterocycles. The fourth-order valence-electron chi connectivity index (χ4n) is 4.09. The second-order valence-electron chi connectivity index (χ2n) is 9.31. The van der Waals surface area contributed by atoms with E-state index in [4.69, 9.17) is 14.2 Å². The van der Waals surface area contributed by atoms with Crippen LogP contribution >= 0.6 is 0 Å². The Morgan fingerprint density at radius 3 is 2.17 bits per heavy atom. The highest BCUT2D eigenvalue weighted by Gasteiger charge is 2.34. The van der Waals surface area contributed by atoms with Gasteiger partial charge in [0.25, 0.3) is 0 Å². The summed E-state index contributed by atoms with van der Waals surface area (Å²) in [4.78, 5) is 25.8. The van der Waals surface area contributed by atoms with Gasteiger partial charge in [0.1, 0.15) is 18.1 Å². The highest BCUT2D eigenvalue weighted by molar-refractivity contribution is 5.90. The van der Waals surface area contributed by atoms with Crippen molar-refractivity contribution in [3.8, 4) is 11.5 Å². The molecule has 1 atom stereocenters. The first-order valence-corrected chi connectivity index (χ1v) is 13.6. The predicted molar refractivity (Wildman–Crippen MR) is 152 cm³/mol. The summed E-state index contributed by atoms with van der Waals surface area (Å²) >= 11 is 0. The van der Waals surface area contributed by atoms with Crippen LogP contribution in [-0.2, 0) is 22.1 Å². The topological polar surface area (TPSA) is 97.3 Å². The molecule has 8 nitrogen and oxygen atoms in total. The van der Waals surface area contributed by atoms with Gasteiger partial charge in [-0.05, 0) is 61.7 Å². The zero-order chi connectivity index (χ0) is 30.4. The number of urea groups is 1. The molecule has 0 aliphatic rings. The first kappa shape index (κ1) is 32.3. The standard InChI is InChI=1S/C31H35F3N2O6/c1-2-40-28(29(37)38)22-23-14-16-25(17-15-23)42-21-19-36(18-8-9-20-41-24-10-4-3-5-11-24)30(39)35-27-13-7-6-12-26(27)31(32,33)34/h3-7,10-17,28H,2,8-9,18-22H2,1H3,(H,35,39)(H,37,38). The second kappa shape index (κ2) is 16.3. The SMILES string of the molecule is CCOC(Cc1ccc(OCCN(CCCCOc2ccccc2)C(=O)Nc2ccccc2C(F)(F)F)cc1)C(=O)O. The zero-order valence-electron chi connectivity index (χ0n) is 23.3. The van der Waals surface area contributed by atoms with Crippen molar-refractivity contribution in [3.63, 3.8) is 0 Å². The molecule has 0 saturated carbocycles. The number of nitrogens with zero attached hydrogens (tertiary/aromatic N) is 1. The van der Waals surface area contributed by atoms with Crippen LogP contribution in [0.3, 0.4) is 0 Å². The molecule has 0 aliphatic carbocycles. The van der Waals surface area contributed by atoms with Crippen LogP contribution in [0, 0.1) is 0 Å². The number of hydrogen-bond acceptors (Lipinski definition) is 5. The van der Waals surface area contributed by atoms with E-state index in [1.165, 1.54) is 23.1 Å². The summed E-state index contributed by atoms with van der Waals surface area (Å²) < 4.78 is 57.1. The molecule has 3 aromatic carbocycles. The first-order valence-electron chi connectivity index (χ1n) is 13.6. The Balaban J connectivity index is 1.58. The van der Waals surface area contributed by atoms with Crippen LogP contribution in [0.5, 0.6) is 11.5 Å². The van der Waals surface area contributed by atoms with Gasteiger partial charge in [-0.1, -0.05) is 42.5 Å². The highest BCUT2D eigenvalue weighted by Crippen LogP contribution is 2.34. The summed E-state index contributed by atoms with van der Waals surface area (Å²) in [6.07, 6.45) is -4.19. The van der Waals surface area contributed by atoms with E-state index in [1.807, 2.05) is 30.3 Å². The van der Waals surface area contributed by atoms with Gasteiger partial charge in [-0.3, -0.25) is 0 Å². The van der Waals surface area contributed by atoms with E-state index in [2.05, 4.69) is 5.32 Å². The summed E-state index contributed by atoms with van der Waals surface area (Å²) in [6, 6.07) is 20.3. The summed E-state index contributed by atoms with van der Waals surface area (Å²) in [7, 11) is 0. The molecule has 0 bridgehead atoms. The predicted octanol–water partition coefficient (Wildman–Crippen LogP) is 6.51. The molecule has 42 heavy (non-hydrogen) atoms. The Labute approximate surface area is 243 Å². The number of halogens is 3. The Morgan fingerprint density at radius 1 is 0.857 bits per heavy atom. The number of hydrogen-bond donors (Lipinski definition) is 2. The third kappa shape index (κ3) is 10.6. The molecule has 0 aromatic heterocycles. The number of alkyl halides is 3. The van der Waals surface area contributed by atoms with Gasteiger partial charge in [-0.25, -0.2) is 9.59 Å². The summed E-state index contributed by atoms with van der Waals surface area (Å²) in [5.74, 6) is 0.188. The van der Waals surface area contributed by atoms with E-state index in [0.717, 1.165) is 17.4 Å². The van der Waals surface area contributed by atoms with Gasteiger partial charge in [-0.2, -0.15) is 13.2 Å². The van der Waals surface area contributed by atoms with E-state index < -0.39 is 29.8 Å². The molecular weight excluding hydrogens is 553 g/mol. The fraction of sp³-hybridized carbons (Fsp3) is 0.355. The number of aliphatic carboxylic acids is 1. The maximum absolute atomic E-state index is 13.5. The monoisotopic (exact) mass is 588 g/mol. The normalized spacial score (nSPS) is 11.9. The smallest absolute Gasteiger partial charge is 0.418 e. The van der Waals surface area contributed by atoms with Gasteiger partial charge in [-0.15, -0.1) is 0 Å². The maximum Gasteiger partial charge on any atom is 0.418 e. The van der Waals surface area contributed by atoms with Gasteiger partial charge in [0.05, 0.1) is 24.4 Å². The number of carboxylic acids is 1. The fourth-order valence-corrected chi connectivity index (χ4v) is 4.09. The van der Waals surface area contributed by atoms with Crippen LogP contribution in [-0.4, -0.2) is 61.0 Å². The average molecular weight is 589 g/mol. The molecule has 0 fully saturated rings. The largest absolute Gasteiger partial charge is 0.494 e. The van der Waals surface area contributed by atoms with Gasteiger partial charge < -0.3 is 29.5 Å². The summed E-state index contributed by atoms with van der Waals surface area (Å²) in [5.41, 5.74) is -0.499. The average Bonchev–Trinajstić information content (AvgIpc) is 2.97. The van der Waals surface area contributed by atoms with Crippen LogP contribution in [0.4, 0.5) is 23.7 Å². The van der Waals surface area contributed by atoms with E-state index in [0.29, 0.717) is 25.2 Å². The second-order valence-corrected chi connectivity index (χ2v) is 9.31. The number of unbranched alkanes of at least 4 members (excludes halogenated alkanes) is 1. The van der Waals surface area contributed by atoms with Crippen LogP contribution in [0.15, 0.2) is 78.9 Å². The minimum absolute atomic E-state index is 0.0882. The number of nitrogens with one attached hydrogen (secondary N) is 1. The van der Waals surface area contributed by atoms with Crippen LogP contribution in [0.2, 0.25) is 0 Å². The molecule has 3 aromatic rings. The van der Waals surface area contributed by atoms with Gasteiger partial charge >= 0.3 is 18.2 Å². The number of benzene rings is 3. The van der Waals surface area contributed by atoms with Crippen LogP contribution in [0.1, 0.15) is 30.9 Å². The quantitative estimate of drug-likeness (QED) is 0.185. The number of amides is 2. The number of carbonyl (C=O) groups is 2. The number of ether oxygens (including phenoxy) is 3. The summed E-state index contributed by atoms with van der Waals surface area (Å²) in [5, 5.41) is 11.7. The van der Waals surface area contributed by atoms with E-state index >= 15 is 0 Å². The van der Waals surface area contributed by atoms with Crippen molar-refractivity contribution >= 4 is 17.7 Å². The lowest BCUT2D eigenvalue weighted by atomic mass is 10.1. The van der Waals surface area contributed by atoms with Crippen molar-refractivity contribution in [2.24, 2.45) is 0 Å². The third-order valence-electron chi connectivity index (χ3n) is 6.21. The van der Waals surface area contributed by atoms with Crippen molar-refractivity contribution in [2.75, 3.05) is 38.2 Å². The molecule has 0 heterocycles. The lowest BCUT2D eigenvalue weighted by molar-refractivity contribution is -0.150. The minimum atomic E-state index is -4.62. The molecule has 0 radical (unpaired) electrons. The number of carbonyl (C=O) groups excluding carboxylic acids is 1. The number of para-hydroxylation sites is 2. The molecule has 0 aliphatic heterocycles. The molecule has 0 spiro atoms. The number of anilines is 1. The molecule has 11 heteroatoms. The highest BCUT2D eigenvalue weighted by atomic mass is 19.4. The Bertz CT molecular complexity index is 1260. The van der Waals surface area contributed by atoms with E-state index in [-0.39, 0.29) is 38.4 Å². The lowest BCUT2D eigenvalue weighted by Crippen LogP contribution is -2.39. The molecule has 3 rings (SSSR count). The maximum atomic E-state index is 13.5. The summed E-state index contributed by atoms with van der Waals surface area (Å²) in [6.45, 7) is 2.91. The molecular formula is C31H35F3N2O6.